The number of hydrogen-bond acceptors (Lipinski definition) is 7. The highest BCUT2D eigenvalue weighted by Gasteiger charge is 2.43. The van der Waals surface area contributed by atoms with Crippen molar-refractivity contribution in [2.24, 2.45) is 0 Å². The zero-order valence-corrected chi connectivity index (χ0v) is 22.0. The molecule has 0 aliphatic carbocycles. The predicted octanol–water partition coefficient (Wildman–Crippen LogP) is 4.94. The zero-order valence-electron chi connectivity index (χ0n) is 18.8. The summed E-state index contributed by atoms with van der Waals surface area (Å²) in [5.74, 6) is -0.240. The lowest BCUT2D eigenvalue weighted by molar-refractivity contribution is -0.122. The van der Waals surface area contributed by atoms with Crippen molar-refractivity contribution < 1.29 is 17.9 Å². The highest BCUT2D eigenvalue weighted by Crippen LogP contribution is 2.36. The van der Waals surface area contributed by atoms with Crippen LogP contribution in [0, 0.1) is 0 Å². The van der Waals surface area contributed by atoms with Gasteiger partial charge in [0.2, 0.25) is 5.91 Å². The maximum atomic E-state index is 14.0. The summed E-state index contributed by atoms with van der Waals surface area (Å²) in [6.45, 7) is 3.44. The third-order valence-electron chi connectivity index (χ3n) is 6.38. The summed E-state index contributed by atoms with van der Waals surface area (Å²) >= 11 is 8.48. The van der Waals surface area contributed by atoms with Gasteiger partial charge in [-0.15, -0.1) is 11.3 Å². The fourth-order valence-corrected chi connectivity index (χ4v) is 8.95. The second-order valence-corrected chi connectivity index (χ2v) is 13.4. The number of benzene rings is 1. The standard InChI is InChI=1S/C23H26ClN3O4S3/c1-2-15-6-3-9-18-21(15)25-23(32-18)26(14-16-7-5-13-31-16)22(28)17-8-4-12-27(17)34(29,30)20-11-10-19(24)33-20/h3,6,9-11,16-17H,2,4-5,7-8,12-14H2,1H3. The van der Waals surface area contributed by atoms with Gasteiger partial charge in [-0.2, -0.15) is 4.31 Å². The lowest BCUT2D eigenvalue weighted by Gasteiger charge is -2.29. The van der Waals surface area contributed by atoms with E-state index >= 15 is 0 Å². The monoisotopic (exact) mass is 539 g/mol. The molecule has 7 nitrogen and oxygen atoms in total. The third-order valence-corrected chi connectivity index (χ3v) is 11.0. The number of para-hydroxylation sites is 1. The Labute approximate surface area is 212 Å². The van der Waals surface area contributed by atoms with Crippen LogP contribution in [0.3, 0.4) is 0 Å². The molecule has 0 spiro atoms. The van der Waals surface area contributed by atoms with E-state index in [0.29, 0.717) is 42.0 Å². The van der Waals surface area contributed by atoms with E-state index in [0.717, 1.165) is 46.4 Å². The molecule has 34 heavy (non-hydrogen) atoms. The van der Waals surface area contributed by atoms with Crippen molar-refractivity contribution in [2.75, 3.05) is 24.6 Å². The van der Waals surface area contributed by atoms with Gasteiger partial charge in [-0.3, -0.25) is 9.69 Å². The molecule has 2 aliphatic heterocycles. The number of thiazole rings is 1. The minimum atomic E-state index is -3.82. The van der Waals surface area contributed by atoms with Gasteiger partial charge in [0.15, 0.2) is 5.13 Å². The van der Waals surface area contributed by atoms with Crippen molar-refractivity contribution in [3.8, 4) is 0 Å². The number of nitrogens with zero attached hydrogens (tertiary/aromatic N) is 3. The fraction of sp³-hybridized carbons (Fsp3) is 0.478. The summed E-state index contributed by atoms with van der Waals surface area (Å²) in [6.07, 6.45) is 3.69. The molecule has 2 aliphatic rings. The molecule has 11 heteroatoms. The van der Waals surface area contributed by atoms with Crippen LogP contribution in [0.5, 0.6) is 0 Å². The number of anilines is 1. The van der Waals surface area contributed by atoms with E-state index in [-0.39, 0.29) is 16.2 Å². The largest absolute Gasteiger partial charge is 0.376 e. The Morgan fingerprint density at radius 1 is 1.24 bits per heavy atom. The van der Waals surface area contributed by atoms with Crippen LogP contribution in [-0.2, 0) is 26.0 Å². The number of ether oxygens (including phenoxy) is 1. The molecule has 0 bridgehead atoms. The van der Waals surface area contributed by atoms with E-state index in [1.54, 1.807) is 11.0 Å². The number of rotatable bonds is 7. The van der Waals surface area contributed by atoms with E-state index < -0.39 is 16.1 Å². The van der Waals surface area contributed by atoms with Crippen LogP contribution in [0.4, 0.5) is 5.13 Å². The normalized spacial score (nSPS) is 21.5. The van der Waals surface area contributed by atoms with Crippen LogP contribution >= 0.6 is 34.3 Å². The molecule has 182 valence electrons. The first-order valence-corrected chi connectivity index (χ1v) is 14.9. The van der Waals surface area contributed by atoms with Gasteiger partial charge in [0.05, 0.1) is 27.2 Å². The van der Waals surface area contributed by atoms with Gasteiger partial charge in [-0.1, -0.05) is 42.0 Å². The van der Waals surface area contributed by atoms with Gasteiger partial charge in [0.25, 0.3) is 10.0 Å². The number of fused-ring (bicyclic) bond motifs is 1. The fourth-order valence-electron chi connectivity index (χ4n) is 4.66. The lowest BCUT2D eigenvalue weighted by Crippen LogP contribution is -2.49. The maximum absolute atomic E-state index is 14.0. The molecule has 3 aromatic rings. The minimum Gasteiger partial charge on any atom is -0.376 e. The number of hydrogen-bond donors (Lipinski definition) is 0. The molecule has 5 rings (SSSR count). The first-order valence-electron chi connectivity index (χ1n) is 11.5. The van der Waals surface area contributed by atoms with Crippen LogP contribution in [-0.4, -0.2) is 55.5 Å². The van der Waals surface area contributed by atoms with E-state index in [4.69, 9.17) is 21.3 Å². The smallest absolute Gasteiger partial charge is 0.253 e. The van der Waals surface area contributed by atoms with Crippen LogP contribution in [0.1, 0.15) is 38.2 Å². The molecule has 0 radical (unpaired) electrons. The van der Waals surface area contributed by atoms with Gasteiger partial charge < -0.3 is 4.74 Å². The van der Waals surface area contributed by atoms with Crippen molar-refractivity contribution in [2.45, 2.75) is 55.4 Å². The van der Waals surface area contributed by atoms with Crippen LogP contribution in [0.2, 0.25) is 4.34 Å². The average molecular weight is 540 g/mol. The van der Waals surface area contributed by atoms with Crippen LogP contribution in [0.15, 0.2) is 34.5 Å². The number of halogens is 1. The van der Waals surface area contributed by atoms with Crippen molar-refractivity contribution in [3.05, 3.63) is 40.2 Å². The quantitative estimate of drug-likeness (QED) is 0.425. The number of sulfonamides is 1. The first-order chi connectivity index (χ1) is 16.4. The number of aromatic nitrogens is 1. The highest BCUT2D eigenvalue weighted by molar-refractivity contribution is 7.91. The van der Waals surface area contributed by atoms with Crippen molar-refractivity contribution in [1.82, 2.24) is 9.29 Å². The van der Waals surface area contributed by atoms with Gasteiger partial charge in [0, 0.05) is 13.2 Å². The number of carbonyl (C=O) groups excluding carboxylic acids is 1. The molecule has 2 fully saturated rings. The van der Waals surface area contributed by atoms with Crippen molar-refractivity contribution in [1.29, 1.82) is 0 Å². The van der Waals surface area contributed by atoms with E-state index in [1.807, 2.05) is 12.1 Å². The Morgan fingerprint density at radius 2 is 2.09 bits per heavy atom. The molecule has 0 saturated carbocycles. The predicted molar refractivity (Wildman–Crippen MR) is 137 cm³/mol. The molecular formula is C23H26ClN3O4S3. The Balaban J connectivity index is 1.50. The molecule has 1 amide bonds. The van der Waals surface area contributed by atoms with Gasteiger partial charge in [0.1, 0.15) is 10.3 Å². The zero-order chi connectivity index (χ0) is 23.9. The first kappa shape index (κ1) is 24.1. The second kappa shape index (κ2) is 9.83. The molecule has 1 aromatic carbocycles. The van der Waals surface area contributed by atoms with Crippen molar-refractivity contribution >= 4 is 65.6 Å². The van der Waals surface area contributed by atoms with Crippen LogP contribution < -0.4 is 4.90 Å². The van der Waals surface area contributed by atoms with Gasteiger partial charge >= 0.3 is 0 Å². The highest BCUT2D eigenvalue weighted by atomic mass is 35.5. The Morgan fingerprint density at radius 3 is 2.79 bits per heavy atom. The molecule has 2 saturated heterocycles. The van der Waals surface area contributed by atoms with Gasteiger partial charge in [-0.25, -0.2) is 13.4 Å². The topological polar surface area (TPSA) is 79.8 Å². The summed E-state index contributed by atoms with van der Waals surface area (Å²) in [6, 6.07) is 8.37. The summed E-state index contributed by atoms with van der Waals surface area (Å²) < 4.78 is 35.5. The molecule has 2 aromatic heterocycles. The van der Waals surface area contributed by atoms with Gasteiger partial charge in [-0.05, 0) is 55.9 Å². The minimum absolute atomic E-state index is 0.0795. The molecule has 2 atom stereocenters. The van der Waals surface area contributed by atoms with Crippen molar-refractivity contribution in [3.63, 3.8) is 0 Å². The Bertz CT molecular complexity index is 1300. The second-order valence-electron chi connectivity index (χ2n) is 8.53. The molecular weight excluding hydrogens is 514 g/mol. The summed E-state index contributed by atoms with van der Waals surface area (Å²) in [4.78, 5) is 20.5. The van der Waals surface area contributed by atoms with E-state index in [1.165, 1.54) is 21.7 Å². The third kappa shape index (κ3) is 4.52. The SMILES string of the molecule is CCc1cccc2sc(N(CC3CCCO3)C(=O)C3CCCN3S(=O)(=O)c3ccc(Cl)s3)nc12. The summed E-state index contributed by atoms with van der Waals surface area (Å²) in [7, 11) is -3.82. The summed E-state index contributed by atoms with van der Waals surface area (Å²) in [5, 5.41) is 0.597. The number of aryl methyl sites for hydroxylation is 1. The number of amides is 1. The number of thiophene rings is 1. The Hall–Kier alpha value is -1.56. The van der Waals surface area contributed by atoms with Crippen LogP contribution in [0.25, 0.3) is 10.2 Å². The van der Waals surface area contributed by atoms with E-state index in [2.05, 4.69) is 13.0 Å². The molecule has 0 N–H and O–H groups in total. The number of carbonyl (C=O) groups is 1. The summed E-state index contributed by atoms with van der Waals surface area (Å²) in [5.41, 5.74) is 2.03. The average Bonchev–Trinajstić information content (AvgIpc) is 3.62. The Kier molecular flexibility index (Phi) is 6.98. The van der Waals surface area contributed by atoms with E-state index in [9.17, 15) is 13.2 Å². The lowest BCUT2D eigenvalue weighted by atomic mass is 10.1. The maximum Gasteiger partial charge on any atom is 0.253 e. The molecule has 4 heterocycles. The molecule has 2 unspecified atom stereocenters.